The van der Waals surface area contributed by atoms with Gasteiger partial charge in [-0.05, 0) is 30.9 Å². The van der Waals surface area contributed by atoms with Gasteiger partial charge in [0.05, 0.1) is 0 Å². The second-order valence-electron chi connectivity index (χ2n) is 4.75. The van der Waals surface area contributed by atoms with Crippen LogP contribution in [0.25, 0.3) is 0 Å². The van der Waals surface area contributed by atoms with Crippen molar-refractivity contribution in [3.8, 4) is 0 Å². The van der Waals surface area contributed by atoms with Crippen LogP contribution in [0.15, 0.2) is 36.5 Å². The van der Waals surface area contributed by atoms with Crippen molar-refractivity contribution in [1.29, 1.82) is 0 Å². The fourth-order valence-electron chi connectivity index (χ4n) is 2.19. The molecule has 108 valence electrons. The van der Waals surface area contributed by atoms with Gasteiger partial charge in [-0.2, -0.15) is 13.2 Å². The zero-order chi connectivity index (χ0) is 14.6. The zero-order valence-electron chi connectivity index (χ0n) is 10.8. The second kappa shape index (κ2) is 6.07. The summed E-state index contributed by atoms with van der Waals surface area (Å²) in [5.74, 6) is -0.476. The van der Waals surface area contributed by atoms with Gasteiger partial charge in [0.2, 0.25) is 5.91 Å². The smallest absolute Gasteiger partial charge is 0.288 e. The van der Waals surface area contributed by atoms with Crippen molar-refractivity contribution in [3.63, 3.8) is 0 Å². The number of amides is 1. The molecule has 1 amide bonds. The molecule has 2 rings (SSSR count). The van der Waals surface area contributed by atoms with E-state index in [1.54, 1.807) is 12.1 Å². The van der Waals surface area contributed by atoms with Gasteiger partial charge < -0.3 is 0 Å². The summed E-state index contributed by atoms with van der Waals surface area (Å²) in [6.45, 7) is -1.31. The van der Waals surface area contributed by atoms with Crippen LogP contribution in [0.5, 0.6) is 0 Å². The summed E-state index contributed by atoms with van der Waals surface area (Å²) in [5, 5.41) is 0. The van der Waals surface area contributed by atoms with E-state index >= 15 is 0 Å². The fourth-order valence-corrected chi connectivity index (χ4v) is 2.19. The van der Waals surface area contributed by atoms with Crippen molar-refractivity contribution in [1.82, 2.24) is 4.98 Å². The van der Waals surface area contributed by atoms with E-state index in [0.29, 0.717) is 4.90 Å². The molecular weight excluding hydrogens is 269 g/mol. The lowest BCUT2D eigenvalue weighted by atomic mass is 10.0. The molecule has 20 heavy (non-hydrogen) atoms. The Morgan fingerprint density at radius 2 is 2.20 bits per heavy atom. The predicted molar refractivity (Wildman–Crippen MR) is 69.1 cm³/mol. The van der Waals surface area contributed by atoms with Gasteiger partial charge in [-0.3, -0.25) is 9.69 Å². The van der Waals surface area contributed by atoms with Crippen LogP contribution in [0.4, 0.5) is 19.0 Å². The van der Waals surface area contributed by atoms with E-state index in [9.17, 15) is 18.0 Å². The number of aromatic nitrogens is 1. The van der Waals surface area contributed by atoms with Crippen LogP contribution in [0.1, 0.15) is 19.3 Å². The molecule has 0 N–H and O–H groups in total. The number of nitrogens with zero attached hydrogens (tertiary/aromatic N) is 2. The van der Waals surface area contributed by atoms with E-state index in [4.69, 9.17) is 0 Å². The molecule has 0 aromatic carbocycles. The molecule has 3 nitrogen and oxygen atoms in total. The number of alkyl halides is 3. The Kier molecular flexibility index (Phi) is 4.42. The molecule has 1 aromatic rings. The van der Waals surface area contributed by atoms with E-state index in [1.165, 1.54) is 12.3 Å². The average Bonchev–Trinajstić information content (AvgIpc) is 2.89. The van der Waals surface area contributed by atoms with Gasteiger partial charge in [0.15, 0.2) is 0 Å². The van der Waals surface area contributed by atoms with Gasteiger partial charge >= 0.3 is 6.18 Å². The van der Waals surface area contributed by atoms with Crippen LogP contribution in [0.2, 0.25) is 0 Å². The Balaban J connectivity index is 2.13. The van der Waals surface area contributed by atoms with Crippen molar-refractivity contribution in [2.75, 3.05) is 11.4 Å². The number of carbonyl (C=O) groups excluding carboxylic acids is 1. The topological polar surface area (TPSA) is 33.2 Å². The van der Waals surface area contributed by atoms with E-state index in [2.05, 4.69) is 4.98 Å². The first kappa shape index (κ1) is 14.6. The van der Waals surface area contributed by atoms with Crippen molar-refractivity contribution >= 4 is 11.7 Å². The lowest BCUT2D eigenvalue weighted by molar-refractivity contribution is -0.132. The fraction of sp³-hybridized carbons (Fsp3) is 0.429. The molecule has 1 atom stereocenters. The van der Waals surface area contributed by atoms with Crippen LogP contribution in [-0.2, 0) is 4.79 Å². The Bertz CT molecular complexity index is 485. The standard InChI is InChI=1S/C14H15F3N2O/c15-14(16,17)10-19(12-7-3-4-8-18-12)13(20)9-11-5-1-2-6-11/h1,3-5,7-8,11H,2,6,9-10H2. The Labute approximate surface area is 115 Å². The first-order chi connectivity index (χ1) is 9.46. The zero-order valence-corrected chi connectivity index (χ0v) is 10.8. The van der Waals surface area contributed by atoms with Crippen molar-refractivity contribution in [3.05, 3.63) is 36.5 Å². The maximum atomic E-state index is 12.6. The number of halogens is 3. The minimum Gasteiger partial charge on any atom is -0.288 e. The Morgan fingerprint density at radius 3 is 2.75 bits per heavy atom. The number of hydrogen-bond donors (Lipinski definition) is 0. The molecule has 0 bridgehead atoms. The SMILES string of the molecule is O=C(CC1C=CCC1)N(CC(F)(F)F)c1ccccn1. The predicted octanol–water partition coefficient (Wildman–Crippen LogP) is 3.33. The molecule has 1 aromatic heterocycles. The summed E-state index contributed by atoms with van der Waals surface area (Å²) in [6, 6.07) is 4.57. The largest absolute Gasteiger partial charge is 0.406 e. The molecule has 0 saturated carbocycles. The molecule has 1 aliphatic carbocycles. The molecule has 0 aliphatic heterocycles. The third-order valence-corrected chi connectivity index (χ3v) is 3.11. The summed E-state index contributed by atoms with van der Waals surface area (Å²) >= 11 is 0. The summed E-state index contributed by atoms with van der Waals surface area (Å²) in [5.41, 5.74) is 0. The molecule has 1 heterocycles. The van der Waals surface area contributed by atoms with Crippen LogP contribution < -0.4 is 4.90 Å². The maximum Gasteiger partial charge on any atom is 0.406 e. The maximum absolute atomic E-state index is 12.6. The highest BCUT2D eigenvalue weighted by molar-refractivity contribution is 5.92. The monoisotopic (exact) mass is 284 g/mol. The number of anilines is 1. The lowest BCUT2D eigenvalue weighted by Gasteiger charge is -2.24. The average molecular weight is 284 g/mol. The molecular formula is C14H15F3N2O. The molecule has 0 spiro atoms. The number of hydrogen-bond acceptors (Lipinski definition) is 2. The van der Waals surface area contributed by atoms with E-state index in [-0.39, 0.29) is 18.2 Å². The van der Waals surface area contributed by atoms with E-state index in [0.717, 1.165) is 12.8 Å². The van der Waals surface area contributed by atoms with Crippen LogP contribution in [0.3, 0.4) is 0 Å². The highest BCUT2D eigenvalue weighted by atomic mass is 19.4. The number of carbonyl (C=O) groups is 1. The van der Waals surface area contributed by atoms with Gasteiger partial charge in [0.1, 0.15) is 12.4 Å². The van der Waals surface area contributed by atoms with Crippen molar-refractivity contribution < 1.29 is 18.0 Å². The molecule has 0 saturated heterocycles. The minimum absolute atomic E-state index is 0.0296. The van der Waals surface area contributed by atoms with E-state index in [1.807, 2.05) is 12.2 Å². The van der Waals surface area contributed by atoms with Crippen molar-refractivity contribution in [2.45, 2.75) is 25.4 Å². The number of pyridine rings is 1. The van der Waals surface area contributed by atoms with Gasteiger partial charge in [-0.25, -0.2) is 4.98 Å². The van der Waals surface area contributed by atoms with Crippen LogP contribution >= 0.6 is 0 Å². The molecule has 6 heteroatoms. The quantitative estimate of drug-likeness (QED) is 0.795. The van der Waals surface area contributed by atoms with E-state index < -0.39 is 18.6 Å². The number of rotatable bonds is 4. The van der Waals surface area contributed by atoms with Gasteiger partial charge in [0, 0.05) is 12.6 Å². The summed E-state index contributed by atoms with van der Waals surface area (Å²) in [6.07, 6.45) is 2.55. The molecule has 1 unspecified atom stereocenters. The molecule has 0 radical (unpaired) electrons. The third-order valence-electron chi connectivity index (χ3n) is 3.11. The van der Waals surface area contributed by atoms with Crippen molar-refractivity contribution in [2.24, 2.45) is 5.92 Å². The normalized spacial score (nSPS) is 18.2. The van der Waals surface area contributed by atoms with Crippen LogP contribution in [0, 0.1) is 5.92 Å². The highest BCUT2D eigenvalue weighted by Gasteiger charge is 2.34. The first-order valence-electron chi connectivity index (χ1n) is 6.40. The summed E-state index contributed by atoms with van der Waals surface area (Å²) in [7, 11) is 0. The Morgan fingerprint density at radius 1 is 1.40 bits per heavy atom. The second-order valence-corrected chi connectivity index (χ2v) is 4.75. The third kappa shape index (κ3) is 4.08. The summed E-state index contributed by atoms with van der Waals surface area (Å²) < 4.78 is 37.9. The van der Waals surface area contributed by atoms with Gasteiger partial charge in [0.25, 0.3) is 0 Å². The number of allylic oxidation sites excluding steroid dienone is 2. The lowest BCUT2D eigenvalue weighted by Crippen LogP contribution is -2.40. The Hall–Kier alpha value is -1.85. The van der Waals surface area contributed by atoms with Gasteiger partial charge in [-0.15, -0.1) is 0 Å². The molecule has 1 aliphatic rings. The molecule has 0 fully saturated rings. The van der Waals surface area contributed by atoms with Crippen LogP contribution in [-0.4, -0.2) is 23.6 Å². The minimum atomic E-state index is -4.45. The summed E-state index contributed by atoms with van der Waals surface area (Å²) in [4.78, 5) is 16.7. The van der Waals surface area contributed by atoms with Gasteiger partial charge in [-0.1, -0.05) is 18.2 Å². The first-order valence-corrected chi connectivity index (χ1v) is 6.40. The highest BCUT2D eigenvalue weighted by Crippen LogP contribution is 2.25.